The van der Waals surface area contributed by atoms with Crippen molar-refractivity contribution in [3.63, 3.8) is 0 Å². The van der Waals surface area contributed by atoms with Gasteiger partial charge in [0.2, 0.25) is 0 Å². The van der Waals surface area contributed by atoms with Crippen molar-refractivity contribution in [2.24, 2.45) is 0 Å². The van der Waals surface area contributed by atoms with Gasteiger partial charge in [-0.25, -0.2) is 0 Å². The van der Waals surface area contributed by atoms with Crippen molar-refractivity contribution in [3.05, 3.63) is 0 Å². The van der Waals surface area contributed by atoms with Gasteiger partial charge in [-0.15, -0.1) is 0 Å². The molecular formula is C10H16O6. The first kappa shape index (κ1) is 10.9. The molecule has 3 aliphatic rings. The summed E-state index contributed by atoms with van der Waals surface area (Å²) in [5.41, 5.74) is 0. The van der Waals surface area contributed by atoms with Crippen LogP contribution in [0.3, 0.4) is 0 Å². The van der Waals surface area contributed by atoms with Crippen LogP contribution in [0.5, 0.6) is 0 Å². The number of hydrogen-bond donors (Lipinski definition) is 2. The van der Waals surface area contributed by atoms with Gasteiger partial charge in [0.1, 0.15) is 18.3 Å². The van der Waals surface area contributed by atoms with Gasteiger partial charge in [-0.1, -0.05) is 0 Å². The number of ether oxygens (including phenoxy) is 4. The second-order valence-electron chi connectivity index (χ2n) is 4.93. The summed E-state index contributed by atoms with van der Waals surface area (Å²) in [4.78, 5) is 0. The summed E-state index contributed by atoms with van der Waals surface area (Å²) in [5.74, 6) is -0.711. The standard InChI is InChI=1S/C10H16O6/c1-10(2)15-8-7-6(14-9(8)16-10)4(11)3-5(12)13-7/h4-9,11-12H,3H2,1-2H3/t4-,5+,6-,7+,8-,9-/m0/s1. The van der Waals surface area contributed by atoms with Gasteiger partial charge in [-0.2, -0.15) is 0 Å². The van der Waals surface area contributed by atoms with Crippen molar-refractivity contribution in [1.82, 2.24) is 0 Å². The zero-order chi connectivity index (χ0) is 11.5. The van der Waals surface area contributed by atoms with E-state index >= 15 is 0 Å². The topological polar surface area (TPSA) is 77.4 Å². The van der Waals surface area contributed by atoms with E-state index in [2.05, 4.69) is 0 Å². The summed E-state index contributed by atoms with van der Waals surface area (Å²) < 4.78 is 22.1. The molecule has 3 rings (SSSR count). The molecule has 0 aromatic carbocycles. The van der Waals surface area contributed by atoms with Crippen LogP contribution in [-0.4, -0.2) is 53.0 Å². The molecule has 0 radical (unpaired) electrons. The molecule has 6 nitrogen and oxygen atoms in total. The van der Waals surface area contributed by atoms with Crippen molar-refractivity contribution >= 4 is 0 Å². The minimum absolute atomic E-state index is 0.157. The van der Waals surface area contributed by atoms with Crippen LogP contribution in [0.25, 0.3) is 0 Å². The lowest BCUT2D eigenvalue weighted by Gasteiger charge is -2.35. The van der Waals surface area contributed by atoms with Crippen molar-refractivity contribution in [2.75, 3.05) is 0 Å². The van der Waals surface area contributed by atoms with Crippen molar-refractivity contribution in [1.29, 1.82) is 0 Å². The first-order valence-corrected chi connectivity index (χ1v) is 5.49. The third kappa shape index (κ3) is 1.57. The van der Waals surface area contributed by atoms with Gasteiger partial charge in [-0.3, -0.25) is 0 Å². The lowest BCUT2D eigenvalue weighted by molar-refractivity contribution is -0.271. The molecule has 0 aromatic heterocycles. The molecule has 6 heteroatoms. The first-order valence-electron chi connectivity index (χ1n) is 5.49. The summed E-state index contributed by atoms with van der Waals surface area (Å²) in [6.45, 7) is 3.58. The van der Waals surface area contributed by atoms with Crippen LogP contribution >= 0.6 is 0 Å². The summed E-state index contributed by atoms with van der Waals surface area (Å²) in [6.07, 6.45) is -3.40. The van der Waals surface area contributed by atoms with E-state index < -0.39 is 36.7 Å². The van der Waals surface area contributed by atoms with E-state index in [1.807, 2.05) is 0 Å². The molecule has 16 heavy (non-hydrogen) atoms. The normalized spacial score (nSPS) is 54.8. The van der Waals surface area contributed by atoms with Crippen LogP contribution < -0.4 is 0 Å². The van der Waals surface area contributed by atoms with E-state index in [9.17, 15) is 10.2 Å². The van der Waals surface area contributed by atoms with E-state index in [-0.39, 0.29) is 12.5 Å². The SMILES string of the molecule is CC1(C)O[C@@H]2O[C@@H]3[C@@H](O[C@@H](O)C[C@@H]3O)[C@@H]2O1. The first-order chi connectivity index (χ1) is 7.46. The fraction of sp³-hybridized carbons (Fsp3) is 1.00. The molecule has 3 saturated heterocycles. The van der Waals surface area contributed by atoms with Crippen molar-refractivity contribution < 1.29 is 29.2 Å². The molecular weight excluding hydrogens is 216 g/mol. The molecule has 0 saturated carbocycles. The number of aliphatic hydroxyl groups is 2. The van der Waals surface area contributed by atoms with Gasteiger partial charge in [0.25, 0.3) is 0 Å². The average molecular weight is 232 g/mol. The number of hydrogen-bond acceptors (Lipinski definition) is 6. The Morgan fingerprint density at radius 1 is 1.00 bits per heavy atom. The molecule has 0 aromatic rings. The Kier molecular flexibility index (Phi) is 2.30. The lowest BCUT2D eigenvalue weighted by Crippen LogP contribution is -2.50. The largest absolute Gasteiger partial charge is 0.390 e. The molecule has 92 valence electrons. The van der Waals surface area contributed by atoms with Gasteiger partial charge >= 0.3 is 0 Å². The molecule has 0 amide bonds. The fourth-order valence-corrected chi connectivity index (χ4v) is 2.55. The zero-order valence-corrected chi connectivity index (χ0v) is 9.20. The Bertz CT molecular complexity index is 293. The quantitative estimate of drug-likeness (QED) is 0.577. The van der Waals surface area contributed by atoms with Crippen LogP contribution in [0.15, 0.2) is 0 Å². The third-order valence-corrected chi connectivity index (χ3v) is 3.16. The van der Waals surface area contributed by atoms with Crippen LogP contribution in [0.2, 0.25) is 0 Å². The number of aliphatic hydroxyl groups excluding tert-OH is 2. The Morgan fingerprint density at radius 3 is 2.50 bits per heavy atom. The van der Waals surface area contributed by atoms with Crippen LogP contribution in [0.4, 0.5) is 0 Å². The summed E-state index contributed by atoms with van der Waals surface area (Å²) in [6, 6.07) is 0. The molecule has 0 unspecified atom stereocenters. The Morgan fingerprint density at radius 2 is 1.75 bits per heavy atom. The maximum absolute atomic E-state index is 9.76. The molecule has 6 atom stereocenters. The van der Waals surface area contributed by atoms with E-state index in [1.54, 1.807) is 13.8 Å². The Labute approximate surface area is 93.0 Å². The predicted octanol–water partition coefficient (Wildman–Crippen LogP) is -0.669. The molecule has 3 heterocycles. The number of rotatable bonds is 0. The summed E-state index contributed by atoms with van der Waals surface area (Å²) in [7, 11) is 0. The van der Waals surface area contributed by atoms with Gasteiger partial charge < -0.3 is 29.2 Å². The molecule has 2 N–H and O–H groups in total. The molecule has 0 spiro atoms. The van der Waals surface area contributed by atoms with Gasteiger partial charge in [0, 0.05) is 6.42 Å². The third-order valence-electron chi connectivity index (χ3n) is 3.16. The van der Waals surface area contributed by atoms with Gasteiger partial charge in [0.15, 0.2) is 18.4 Å². The summed E-state index contributed by atoms with van der Waals surface area (Å²) >= 11 is 0. The average Bonchev–Trinajstić information content (AvgIpc) is 2.59. The smallest absolute Gasteiger partial charge is 0.190 e. The van der Waals surface area contributed by atoms with E-state index in [0.29, 0.717) is 0 Å². The van der Waals surface area contributed by atoms with Crippen molar-refractivity contribution in [2.45, 2.75) is 63.1 Å². The minimum Gasteiger partial charge on any atom is -0.390 e. The molecule has 3 aliphatic heterocycles. The highest BCUT2D eigenvalue weighted by atomic mass is 16.8. The maximum Gasteiger partial charge on any atom is 0.190 e. The monoisotopic (exact) mass is 232 g/mol. The highest BCUT2D eigenvalue weighted by molar-refractivity contribution is 4.99. The van der Waals surface area contributed by atoms with Crippen LogP contribution in [0.1, 0.15) is 20.3 Å². The summed E-state index contributed by atoms with van der Waals surface area (Å²) in [5, 5.41) is 19.2. The van der Waals surface area contributed by atoms with Crippen LogP contribution in [0, 0.1) is 0 Å². The predicted molar refractivity (Wildman–Crippen MR) is 50.2 cm³/mol. The fourth-order valence-electron chi connectivity index (χ4n) is 2.55. The van der Waals surface area contributed by atoms with Crippen molar-refractivity contribution in [3.8, 4) is 0 Å². The van der Waals surface area contributed by atoms with E-state index in [0.717, 1.165) is 0 Å². The maximum atomic E-state index is 9.76. The highest BCUT2D eigenvalue weighted by Gasteiger charge is 2.59. The molecule has 3 fully saturated rings. The van der Waals surface area contributed by atoms with Gasteiger partial charge in [-0.05, 0) is 13.8 Å². The van der Waals surface area contributed by atoms with Gasteiger partial charge in [0.05, 0.1) is 6.10 Å². The number of fused-ring (bicyclic) bond motifs is 3. The second kappa shape index (κ2) is 3.38. The molecule has 0 bridgehead atoms. The molecule has 0 aliphatic carbocycles. The minimum atomic E-state index is -0.967. The van der Waals surface area contributed by atoms with E-state index in [4.69, 9.17) is 18.9 Å². The van der Waals surface area contributed by atoms with E-state index in [1.165, 1.54) is 0 Å². The second-order valence-corrected chi connectivity index (χ2v) is 4.93. The Balaban J connectivity index is 1.80. The van der Waals surface area contributed by atoms with Crippen LogP contribution in [-0.2, 0) is 18.9 Å². The Hall–Kier alpha value is -0.240. The zero-order valence-electron chi connectivity index (χ0n) is 9.20. The lowest BCUT2D eigenvalue weighted by atomic mass is 10.00. The highest BCUT2D eigenvalue weighted by Crippen LogP contribution is 2.42.